The lowest BCUT2D eigenvalue weighted by Crippen LogP contribution is -2.27. The molecule has 0 fully saturated rings. The molecule has 0 heterocycles. The van der Waals surface area contributed by atoms with Gasteiger partial charge in [0, 0.05) is 0 Å². The molecule has 1 unspecified atom stereocenters. The van der Waals surface area contributed by atoms with Crippen LogP contribution in [0.4, 0.5) is 0 Å². The van der Waals surface area contributed by atoms with Crippen molar-refractivity contribution in [2.45, 2.75) is 117 Å². The van der Waals surface area contributed by atoms with Crippen LogP contribution in [0.25, 0.3) is 0 Å². The van der Waals surface area contributed by atoms with Gasteiger partial charge < -0.3 is 5.73 Å². The van der Waals surface area contributed by atoms with Gasteiger partial charge in [-0.25, -0.2) is 0 Å². The van der Waals surface area contributed by atoms with Crippen LogP contribution in [0.5, 0.6) is 0 Å². The van der Waals surface area contributed by atoms with Crippen LogP contribution in [0.2, 0.25) is 0 Å². The Kier molecular flexibility index (Phi) is 14.9. The van der Waals surface area contributed by atoms with E-state index in [1.54, 1.807) is 0 Å². The summed E-state index contributed by atoms with van der Waals surface area (Å²) >= 11 is 0. The molecule has 21 heavy (non-hydrogen) atoms. The first-order valence-corrected chi connectivity index (χ1v) is 9.88. The van der Waals surface area contributed by atoms with Crippen molar-refractivity contribution in [3.8, 4) is 0 Å². The van der Waals surface area contributed by atoms with Crippen molar-refractivity contribution in [2.24, 2.45) is 11.1 Å². The molecule has 0 aromatic rings. The van der Waals surface area contributed by atoms with Gasteiger partial charge in [0.2, 0.25) is 0 Å². The zero-order chi connectivity index (χ0) is 15.8. The molecule has 0 bridgehead atoms. The molecule has 0 saturated heterocycles. The number of rotatable bonds is 16. The Hall–Kier alpha value is -0.0400. The standard InChI is InChI=1S/C20H43N/c1-4-6-8-9-10-11-12-13-14-15-16-18-20(3,19-21)17-7-5-2/h4-19,21H2,1-3H3. The summed E-state index contributed by atoms with van der Waals surface area (Å²) in [4.78, 5) is 0. The van der Waals surface area contributed by atoms with Crippen molar-refractivity contribution in [3.63, 3.8) is 0 Å². The van der Waals surface area contributed by atoms with Crippen LogP contribution in [0.1, 0.15) is 117 Å². The fourth-order valence-electron chi connectivity index (χ4n) is 3.15. The highest BCUT2D eigenvalue weighted by Gasteiger charge is 2.20. The summed E-state index contributed by atoms with van der Waals surface area (Å²) in [5, 5.41) is 0. The van der Waals surface area contributed by atoms with Crippen molar-refractivity contribution < 1.29 is 0 Å². The Morgan fingerprint density at radius 3 is 1.38 bits per heavy atom. The van der Waals surface area contributed by atoms with Gasteiger partial charge in [0.25, 0.3) is 0 Å². The molecule has 128 valence electrons. The van der Waals surface area contributed by atoms with Crippen molar-refractivity contribution in [1.82, 2.24) is 0 Å². The lowest BCUT2D eigenvalue weighted by atomic mass is 9.80. The Balaban J connectivity index is 3.34. The number of unbranched alkanes of at least 4 members (excludes halogenated alkanes) is 11. The summed E-state index contributed by atoms with van der Waals surface area (Å²) in [7, 11) is 0. The minimum Gasteiger partial charge on any atom is -0.330 e. The highest BCUT2D eigenvalue weighted by atomic mass is 14.6. The zero-order valence-electron chi connectivity index (χ0n) is 15.4. The smallest absolute Gasteiger partial charge is 0.00232 e. The van der Waals surface area contributed by atoms with Gasteiger partial charge in [0.15, 0.2) is 0 Å². The highest BCUT2D eigenvalue weighted by Crippen LogP contribution is 2.29. The van der Waals surface area contributed by atoms with E-state index in [2.05, 4.69) is 20.8 Å². The SMILES string of the molecule is CCCCCCCCCCCCCC(C)(CN)CCCC. The van der Waals surface area contributed by atoms with Crippen molar-refractivity contribution in [1.29, 1.82) is 0 Å². The first-order valence-electron chi connectivity index (χ1n) is 9.88. The third-order valence-electron chi connectivity index (χ3n) is 5.01. The van der Waals surface area contributed by atoms with E-state index >= 15 is 0 Å². The average Bonchev–Trinajstić information content (AvgIpc) is 2.50. The molecule has 0 radical (unpaired) electrons. The number of hydrogen-bond donors (Lipinski definition) is 1. The molecule has 0 aliphatic carbocycles. The molecule has 0 aromatic heterocycles. The lowest BCUT2D eigenvalue weighted by molar-refractivity contribution is 0.263. The van der Waals surface area contributed by atoms with Crippen LogP contribution >= 0.6 is 0 Å². The molecule has 0 spiro atoms. The molecular weight excluding hydrogens is 254 g/mol. The second kappa shape index (κ2) is 14.9. The first kappa shape index (κ1) is 21.0. The van der Waals surface area contributed by atoms with Crippen LogP contribution in [-0.4, -0.2) is 6.54 Å². The lowest BCUT2D eigenvalue weighted by Gasteiger charge is -2.28. The third kappa shape index (κ3) is 13.4. The van der Waals surface area contributed by atoms with Gasteiger partial charge in [0.1, 0.15) is 0 Å². The normalized spacial score (nSPS) is 14.3. The molecular formula is C20H43N. The van der Waals surface area contributed by atoms with E-state index in [4.69, 9.17) is 5.73 Å². The van der Waals surface area contributed by atoms with Crippen molar-refractivity contribution >= 4 is 0 Å². The Labute approximate surface area is 135 Å². The molecule has 0 aliphatic rings. The first-order chi connectivity index (χ1) is 10.2. The summed E-state index contributed by atoms with van der Waals surface area (Å²) in [5.74, 6) is 0. The van der Waals surface area contributed by atoms with Crippen LogP contribution in [0.15, 0.2) is 0 Å². The second-order valence-corrected chi connectivity index (χ2v) is 7.40. The maximum atomic E-state index is 5.98. The molecule has 0 aromatic carbocycles. The van der Waals surface area contributed by atoms with Gasteiger partial charge in [-0.2, -0.15) is 0 Å². The van der Waals surface area contributed by atoms with E-state index in [0.717, 1.165) is 6.54 Å². The summed E-state index contributed by atoms with van der Waals surface area (Å²) in [6.07, 6.45) is 21.0. The van der Waals surface area contributed by atoms with E-state index < -0.39 is 0 Å². The van der Waals surface area contributed by atoms with Gasteiger partial charge in [-0.1, -0.05) is 104 Å². The van der Waals surface area contributed by atoms with Gasteiger partial charge >= 0.3 is 0 Å². The Morgan fingerprint density at radius 2 is 0.952 bits per heavy atom. The van der Waals surface area contributed by atoms with Crippen molar-refractivity contribution in [3.05, 3.63) is 0 Å². The van der Waals surface area contributed by atoms with Gasteiger partial charge in [-0.05, 0) is 24.8 Å². The Morgan fingerprint density at radius 1 is 0.571 bits per heavy atom. The predicted molar refractivity (Wildman–Crippen MR) is 97.8 cm³/mol. The monoisotopic (exact) mass is 297 g/mol. The number of hydrogen-bond acceptors (Lipinski definition) is 1. The van der Waals surface area contributed by atoms with E-state index in [0.29, 0.717) is 5.41 Å². The van der Waals surface area contributed by atoms with E-state index in [-0.39, 0.29) is 0 Å². The Bertz CT molecular complexity index is 202. The fraction of sp³-hybridized carbons (Fsp3) is 1.00. The summed E-state index contributed by atoms with van der Waals surface area (Å²) in [6.45, 7) is 7.82. The summed E-state index contributed by atoms with van der Waals surface area (Å²) in [5.41, 5.74) is 6.39. The molecule has 1 nitrogen and oxygen atoms in total. The van der Waals surface area contributed by atoms with Gasteiger partial charge in [0.05, 0.1) is 0 Å². The molecule has 0 amide bonds. The minimum absolute atomic E-state index is 0.412. The molecule has 0 rings (SSSR count). The van der Waals surface area contributed by atoms with Gasteiger partial charge in [-0.3, -0.25) is 0 Å². The molecule has 0 saturated carbocycles. The van der Waals surface area contributed by atoms with Crippen LogP contribution in [0.3, 0.4) is 0 Å². The summed E-state index contributed by atoms with van der Waals surface area (Å²) in [6, 6.07) is 0. The maximum Gasteiger partial charge on any atom is -0.00232 e. The second-order valence-electron chi connectivity index (χ2n) is 7.40. The van der Waals surface area contributed by atoms with E-state index in [1.807, 2.05) is 0 Å². The summed E-state index contributed by atoms with van der Waals surface area (Å²) < 4.78 is 0. The molecule has 1 atom stereocenters. The number of nitrogens with two attached hydrogens (primary N) is 1. The highest BCUT2D eigenvalue weighted by molar-refractivity contribution is 4.75. The minimum atomic E-state index is 0.412. The maximum absolute atomic E-state index is 5.98. The van der Waals surface area contributed by atoms with E-state index in [9.17, 15) is 0 Å². The zero-order valence-corrected chi connectivity index (χ0v) is 15.4. The van der Waals surface area contributed by atoms with Crippen LogP contribution in [0, 0.1) is 5.41 Å². The predicted octanol–water partition coefficient (Wildman–Crippen LogP) is 6.84. The fourth-order valence-corrected chi connectivity index (χ4v) is 3.15. The molecule has 0 aliphatic heterocycles. The van der Waals surface area contributed by atoms with Gasteiger partial charge in [-0.15, -0.1) is 0 Å². The van der Waals surface area contributed by atoms with Crippen molar-refractivity contribution in [2.75, 3.05) is 6.54 Å². The quantitative estimate of drug-likeness (QED) is 0.310. The topological polar surface area (TPSA) is 26.0 Å². The largest absolute Gasteiger partial charge is 0.330 e. The average molecular weight is 298 g/mol. The van der Waals surface area contributed by atoms with E-state index in [1.165, 1.54) is 96.3 Å². The third-order valence-corrected chi connectivity index (χ3v) is 5.01. The van der Waals surface area contributed by atoms with Crippen LogP contribution < -0.4 is 5.73 Å². The van der Waals surface area contributed by atoms with Crippen LogP contribution in [-0.2, 0) is 0 Å². The molecule has 2 N–H and O–H groups in total. The molecule has 1 heteroatoms.